The van der Waals surface area contributed by atoms with Gasteiger partial charge in [-0.25, -0.2) is 0 Å². The highest BCUT2D eigenvalue weighted by Gasteiger charge is 2.56. The molecular weight excluding hydrogens is 176 g/mol. The van der Waals surface area contributed by atoms with Gasteiger partial charge in [-0.2, -0.15) is 0 Å². The molecule has 0 saturated heterocycles. The zero-order valence-corrected chi connectivity index (χ0v) is 8.75. The van der Waals surface area contributed by atoms with Crippen LogP contribution in [0.4, 0.5) is 0 Å². The van der Waals surface area contributed by atoms with Gasteiger partial charge in [0, 0.05) is 0 Å². The van der Waals surface area contributed by atoms with E-state index in [-0.39, 0.29) is 0 Å². The number of carbonyl (C=O) groups is 1. The topological polar surface area (TPSA) is 37.3 Å². The molecule has 0 aromatic heterocycles. The molecule has 0 radical (unpaired) electrons. The molecule has 1 N–H and O–H groups in total. The van der Waals surface area contributed by atoms with Crippen molar-refractivity contribution in [3.63, 3.8) is 0 Å². The number of fused-ring (bicyclic) bond motifs is 1. The smallest absolute Gasteiger partial charge is 0.309 e. The van der Waals surface area contributed by atoms with Crippen LogP contribution < -0.4 is 0 Å². The van der Waals surface area contributed by atoms with Gasteiger partial charge in [0.2, 0.25) is 0 Å². The molecule has 2 fully saturated rings. The van der Waals surface area contributed by atoms with Crippen molar-refractivity contribution in [1.29, 1.82) is 0 Å². The molecule has 0 amide bonds. The van der Waals surface area contributed by atoms with Gasteiger partial charge < -0.3 is 5.11 Å². The van der Waals surface area contributed by atoms with E-state index in [4.69, 9.17) is 0 Å². The summed E-state index contributed by atoms with van der Waals surface area (Å²) in [5.74, 6) is 0.887. The third kappa shape index (κ3) is 1.58. The second-order valence-electron chi connectivity index (χ2n) is 5.21. The van der Waals surface area contributed by atoms with Crippen molar-refractivity contribution in [3.8, 4) is 0 Å². The first kappa shape index (κ1) is 9.75. The summed E-state index contributed by atoms with van der Waals surface area (Å²) in [4.78, 5) is 11.3. The fraction of sp³-hybridized carbons (Fsp3) is 0.750. The van der Waals surface area contributed by atoms with Gasteiger partial charge in [0.05, 0.1) is 5.41 Å². The van der Waals surface area contributed by atoms with Crippen LogP contribution in [0.15, 0.2) is 12.2 Å². The Morgan fingerprint density at radius 1 is 1.50 bits per heavy atom. The van der Waals surface area contributed by atoms with Crippen LogP contribution in [-0.2, 0) is 4.79 Å². The summed E-state index contributed by atoms with van der Waals surface area (Å²) >= 11 is 0. The van der Waals surface area contributed by atoms with E-state index in [0.717, 1.165) is 43.1 Å². The van der Waals surface area contributed by atoms with Crippen molar-refractivity contribution < 1.29 is 9.90 Å². The zero-order valence-electron chi connectivity index (χ0n) is 8.75. The molecule has 0 aliphatic heterocycles. The standard InChI is InChI=1S/C12H18O2/c1-8(2)3-4-12(11(13)14)6-9-5-10(9)7-12/h9-10H,1,3-7H2,2H3,(H,13,14). The summed E-state index contributed by atoms with van der Waals surface area (Å²) < 4.78 is 0. The highest BCUT2D eigenvalue weighted by atomic mass is 16.4. The first-order chi connectivity index (χ1) is 6.53. The molecule has 0 aromatic carbocycles. The van der Waals surface area contributed by atoms with Gasteiger partial charge in [-0.1, -0.05) is 5.57 Å². The maximum absolute atomic E-state index is 11.3. The van der Waals surface area contributed by atoms with Crippen LogP contribution in [0.1, 0.15) is 39.0 Å². The summed E-state index contributed by atoms with van der Waals surface area (Å²) in [5.41, 5.74) is 0.707. The van der Waals surface area contributed by atoms with E-state index < -0.39 is 11.4 Å². The van der Waals surface area contributed by atoms with E-state index in [2.05, 4.69) is 6.58 Å². The first-order valence-corrected chi connectivity index (χ1v) is 5.41. The summed E-state index contributed by atoms with van der Waals surface area (Å²) in [6.07, 6.45) is 4.78. The molecule has 0 heterocycles. The lowest BCUT2D eigenvalue weighted by Crippen LogP contribution is -2.29. The third-order valence-corrected chi connectivity index (χ3v) is 3.86. The second kappa shape index (κ2) is 3.11. The maximum Gasteiger partial charge on any atom is 0.309 e. The largest absolute Gasteiger partial charge is 0.481 e. The summed E-state index contributed by atoms with van der Waals surface area (Å²) in [5, 5.41) is 9.29. The molecule has 14 heavy (non-hydrogen) atoms. The van der Waals surface area contributed by atoms with Crippen LogP contribution in [0.5, 0.6) is 0 Å². The Hall–Kier alpha value is -0.790. The van der Waals surface area contributed by atoms with Gasteiger partial charge in [-0.15, -0.1) is 6.58 Å². The van der Waals surface area contributed by atoms with Crippen LogP contribution in [0.3, 0.4) is 0 Å². The Morgan fingerprint density at radius 2 is 2.07 bits per heavy atom. The predicted molar refractivity (Wildman–Crippen MR) is 54.9 cm³/mol. The molecule has 2 heteroatoms. The first-order valence-electron chi connectivity index (χ1n) is 5.41. The van der Waals surface area contributed by atoms with Crippen molar-refractivity contribution in [2.24, 2.45) is 17.3 Å². The van der Waals surface area contributed by atoms with E-state index >= 15 is 0 Å². The molecule has 2 saturated carbocycles. The highest BCUT2D eigenvalue weighted by Crippen LogP contribution is 2.61. The number of hydrogen-bond acceptors (Lipinski definition) is 1. The minimum absolute atomic E-state index is 0.396. The molecule has 0 spiro atoms. The number of aliphatic carboxylic acids is 1. The molecule has 0 bridgehead atoms. The summed E-state index contributed by atoms with van der Waals surface area (Å²) in [6, 6.07) is 0. The van der Waals surface area contributed by atoms with Crippen LogP contribution in [0, 0.1) is 17.3 Å². The SMILES string of the molecule is C=C(C)CCC1(C(=O)O)CC2CC2C1. The zero-order chi connectivity index (χ0) is 10.3. The van der Waals surface area contributed by atoms with Crippen LogP contribution in [0.2, 0.25) is 0 Å². The molecule has 2 aliphatic carbocycles. The molecule has 2 aliphatic rings. The average Bonchev–Trinajstić information content (AvgIpc) is 2.71. The lowest BCUT2D eigenvalue weighted by molar-refractivity contribution is -0.149. The summed E-state index contributed by atoms with van der Waals surface area (Å²) in [7, 11) is 0. The fourth-order valence-corrected chi connectivity index (χ4v) is 2.84. The molecule has 2 rings (SSSR count). The van der Waals surface area contributed by atoms with E-state index in [9.17, 15) is 9.90 Å². The number of allylic oxidation sites excluding steroid dienone is 1. The molecule has 2 atom stereocenters. The summed E-state index contributed by atoms with van der Waals surface area (Å²) in [6.45, 7) is 5.82. The quantitative estimate of drug-likeness (QED) is 0.699. The molecule has 2 nitrogen and oxygen atoms in total. The van der Waals surface area contributed by atoms with Gasteiger partial charge in [0.25, 0.3) is 0 Å². The van der Waals surface area contributed by atoms with Crippen LogP contribution in [0.25, 0.3) is 0 Å². The molecule has 2 unspecified atom stereocenters. The van der Waals surface area contributed by atoms with E-state index in [1.165, 1.54) is 6.42 Å². The third-order valence-electron chi connectivity index (χ3n) is 3.86. The Balaban J connectivity index is 2.00. The minimum Gasteiger partial charge on any atom is -0.481 e. The highest BCUT2D eigenvalue weighted by molar-refractivity contribution is 5.75. The van der Waals surface area contributed by atoms with Gasteiger partial charge in [0.1, 0.15) is 0 Å². The average molecular weight is 194 g/mol. The van der Waals surface area contributed by atoms with Crippen LogP contribution >= 0.6 is 0 Å². The van der Waals surface area contributed by atoms with Crippen LogP contribution in [-0.4, -0.2) is 11.1 Å². The van der Waals surface area contributed by atoms with Gasteiger partial charge in [-0.3, -0.25) is 4.79 Å². The molecular formula is C12H18O2. The Labute approximate surface area is 85.0 Å². The molecule has 0 aromatic rings. The van der Waals surface area contributed by atoms with E-state index in [1.54, 1.807) is 0 Å². The Morgan fingerprint density at radius 3 is 2.50 bits per heavy atom. The van der Waals surface area contributed by atoms with Crippen molar-refractivity contribution in [1.82, 2.24) is 0 Å². The fourth-order valence-electron chi connectivity index (χ4n) is 2.84. The van der Waals surface area contributed by atoms with Gasteiger partial charge in [0.15, 0.2) is 0 Å². The van der Waals surface area contributed by atoms with E-state index in [0.29, 0.717) is 0 Å². The van der Waals surface area contributed by atoms with Crippen molar-refractivity contribution in [3.05, 3.63) is 12.2 Å². The van der Waals surface area contributed by atoms with E-state index in [1.807, 2.05) is 6.92 Å². The maximum atomic E-state index is 11.3. The Kier molecular flexibility index (Phi) is 2.17. The lowest BCUT2D eigenvalue weighted by atomic mass is 9.78. The number of carboxylic acid groups (broad SMARTS) is 1. The van der Waals surface area contributed by atoms with Gasteiger partial charge >= 0.3 is 5.97 Å². The number of rotatable bonds is 4. The second-order valence-corrected chi connectivity index (χ2v) is 5.21. The van der Waals surface area contributed by atoms with Gasteiger partial charge in [-0.05, 0) is 50.9 Å². The van der Waals surface area contributed by atoms with Crippen molar-refractivity contribution >= 4 is 5.97 Å². The monoisotopic (exact) mass is 194 g/mol. The lowest BCUT2D eigenvalue weighted by Gasteiger charge is -2.25. The number of carboxylic acids is 1. The minimum atomic E-state index is -0.578. The Bertz CT molecular complexity index is 270. The van der Waals surface area contributed by atoms with Crippen molar-refractivity contribution in [2.75, 3.05) is 0 Å². The molecule has 78 valence electrons. The number of hydrogen-bond donors (Lipinski definition) is 1. The predicted octanol–water partition coefficient (Wildman–Crippen LogP) is 2.84. The van der Waals surface area contributed by atoms with Crippen molar-refractivity contribution in [2.45, 2.75) is 39.0 Å². The normalized spacial score (nSPS) is 39.2.